The van der Waals surface area contributed by atoms with Gasteiger partial charge in [-0.1, -0.05) is 0 Å². The Labute approximate surface area is 261 Å². The van der Waals surface area contributed by atoms with Gasteiger partial charge in [-0.05, 0) is 59.8 Å². The highest BCUT2D eigenvalue weighted by Crippen LogP contribution is 2.33. The molecule has 0 aromatic carbocycles. The normalized spacial score (nSPS) is 13.2. The molecule has 1 N–H and O–H groups in total. The van der Waals surface area contributed by atoms with E-state index in [4.69, 9.17) is 0 Å². The minimum absolute atomic E-state index is 0.0210. The van der Waals surface area contributed by atoms with Crippen LogP contribution in [-0.4, -0.2) is 60.0 Å². The quantitative estimate of drug-likeness (QED) is 0.227. The number of aromatic nitrogens is 8. The number of carbonyl (C=O) groups excluding carboxylic acids is 1. The van der Waals surface area contributed by atoms with E-state index in [-0.39, 0.29) is 47.6 Å². The van der Waals surface area contributed by atoms with Gasteiger partial charge < -0.3 is 19.0 Å². The molecule has 0 fully saturated rings. The zero-order valence-corrected chi connectivity index (χ0v) is 26.9. The van der Waals surface area contributed by atoms with Gasteiger partial charge in [-0.15, -0.1) is 0 Å². The van der Waals surface area contributed by atoms with Crippen LogP contribution in [0.25, 0.3) is 22.3 Å². The molecule has 1 atom stereocenters. The van der Waals surface area contributed by atoms with E-state index >= 15 is 0 Å². The van der Waals surface area contributed by atoms with Gasteiger partial charge in [0.25, 0.3) is 11.1 Å². The second-order valence-corrected chi connectivity index (χ2v) is 11.4. The number of alkyl halides is 3. The molecule has 0 saturated heterocycles. The van der Waals surface area contributed by atoms with Crippen molar-refractivity contribution in [3.63, 3.8) is 0 Å². The second kappa shape index (κ2) is 14.4. The Kier molecular flexibility index (Phi) is 11.4. The standard InChI is InChI=1S/C15H21F3N4O3.C14H20N4O3/c1-4-21-9-19-11-10(21)12(23)22(13(24)20(11)3)8-6-5-7-14(2,25)15(16,17)18;1-4-17-9-15-12-11(17)13(20)18(14(21)16(12)3)8-6-5-7-10(2)19/h9,25H,4-8H2,1-3H3;9H,4-8H2,1-3H3. The Bertz CT molecular complexity index is 1940. The Morgan fingerprint density at radius 3 is 1.57 bits per heavy atom. The number of hydrogen-bond donors (Lipinski definition) is 1. The fourth-order valence-electron chi connectivity index (χ4n) is 5.04. The predicted molar refractivity (Wildman–Crippen MR) is 165 cm³/mol. The molecule has 14 nitrogen and oxygen atoms in total. The molecule has 0 aliphatic carbocycles. The fourth-order valence-corrected chi connectivity index (χ4v) is 5.04. The first-order valence-corrected chi connectivity index (χ1v) is 15.1. The van der Waals surface area contributed by atoms with Crippen LogP contribution in [0.1, 0.15) is 66.2 Å². The molecule has 4 heterocycles. The molecule has 4 aromatic heterocycles. The number of fused-ring (bicyclic) bond motifs is 2. The number of halogens is 3. The summed E-state index contributed by atoms with van der Waals surface area (Å²) in [4.78, 5) is 68.7. The molecule has 0 bridgehead atoms. The van der Waals surface area contributed by atoms with Gasteiger partial charge in [-0.2, -0.15) is 13.2 Å². The third-order valence-electron chi connectivity index (χ3n) is 7.95. The number of Topliss-reactive ketones (excluding diaryl/α,β-unsaturated/α-hetero) is 1. The molecule has 4 rings (SSSR count). The number of aliphatic hydroxyl groups is 1. The number of rotatable bonds is 12. The van der Waals surface area contributed by atoms with Crippen LogP contribution in [0.2, 0.25) is 0 Å². The summed E-state index contributed by atoms with van der Waals surface area (Å²) in [5.41, 5.74) is -3.13. The highest BCUT2D eigenvalue weighted by molar-refractivity contribution is 5.75. The largest absolute Gasteiger partial charge is 0.416 e. The van der Waals surface area contributed by atoms with Crippen LogP contribution in [0.3, 0.4) is 0 Å². The van der Waals surface area contributed by atoms with Crippen molar-refractivity contribution in [2.45, 2.75) is 104 Å². The Hall–Kier alpha value is -4.28. The summed E-state index contributed by atoms with van der Waals surface area (Å²) in [5.74, 6) is 0.120. The molecule has 0 saturated carbocycles. The van der Waals surface area contributed by atoms with E-state index in [9.17, 15) is 42.3 Å². The van der Waals surface area contributed by atoms with Crippen LogP contribution >= 0.6 is 0 Å². The zero-order chi connectivity index (χ0) is 34.6. The minimum atomic E-state index is -4.72. The third-order valence-corrected chi connectivity index (χ3v) is 7.95. The summed E-state index contributed by atoms with van der Waals surface area (Å²) < 4.78 is 46.1. The molecular formula is C29H41F3N8O6. The predicted octanol–water partition coefficient (Wildman–Crippen LogP) is 2.08. The molecule has 0 radical (unpaired) electrons. The first-order chi connectivity index (χ1) is 21.5. The summed E-state index contributed by atoms with van der Waals surface area (Å²) >= 11 is 0. The SMILES string of the molecule is CCn1cnc2c1c(=O)n(CCCCC(C)(O)C(F)(F)F)c(=O)n2C.CCn1cnc2c1c(=O)n(CCCCC(C)=O)c(=O)n2C. The van der Waals surface area contributed by atoms with E-state index in [1.165, 1.54) is 34.0 Å². The maximum Gasteiger partial charge on any atom is 0.416 e. The highest BCUT2D eigenvalue weighted by Gasteiger charge is 2.49. The second-order valence-electron chi connectivity index (χ2n) is 11.4. The van der Waals surface area contributed by atoms with Crippen LogP contribution in [0.4, 0.5) is 13.2 Å². The Morgan fingerprint density at radius 2 is 1.20 bits per heavy atom. The van der Waals surface area contributed by atoms with Gasteiger partial charge in [0.2, 0.25) is 0 Å². The Morgan fingerprint density at radius 1 is 0.783 bits per heavy atom. The molecule has 0 aliphatic rings. The summed E-state index contributed by atoms with van der Waals surface area (Å²) in [6.45, 7) is 7.42. The topological polar surface area (TPSA) is 161 Å². The van der Waals surface area contributed by atoms with Crippen molar-refractivity contribution in [3.05, 3.63) is 54.3 Å². The molecule has 0 aliphatic heterocycles. The number of hydrogen-bond acceptors (Lipinski definition) is 8. The summed E-state index contributed by atoms with van der Waals surface area (Å²) in [7, 11) is 3.10. The van der Waals surface area contributed by atoms with E-state index in [1.54, 1.807) is 22.5 Å². The van der Waals surface area contributed by atoms with E-state index in [0.29, 0.717) is 57.0 Å². The summed E-state index contributed by atoms with van der Waals surface area (Å²) in [6.07, 6.45) is -0.212. The van der Waals surface area contributed by atoms with Crippen LogP contribution in [0.5, 0.6) is 0 Å². The lowest BCUT2D eigenvalue weighted by Crippen LogP contribution is -2.42. The van der Waals surface area contributed by atoms with Gasteiger partial charge in [-0.25, -0.2) is 19.6 Å². The average Bonchev–Trinajstić information content (AvgIpc) is 3.63. The van der Waals surface area contributed by atoms with Crippen LogP contribution in [0.15, 0.2) is 31.8 Å². The van der Waals surface area contributed by atoms with Crippen molar-refractivity contribution in [2.75, 3.05) is 0 Å². The first kappa shape index (κ1) is 36.2. The van der Waals surface area contributed by atoms with Gasteiger partial charge in [0.05, 0.1) is 12.7 Å². The number of nitrogens with zero attached hydrogens (tertiary/aromatic N) is 8. The molecule has 254 valence electrons. The van der Waals surface area contributed by atoms with Crippen molar-refractivity contribution in [1.82, 2.24) is 37.4 Å². The van der Waals surface area contributed by atoms with Crippen molar-refractivity contribution in [3.8, 4) is 0 Å². The number of imidazole rings is 2. The van der Waals surface area contributed by atoms with Gasteiger partial charge in [0.1, 0.15) is 5.78 Å². The highest BCUT2D eigenvalue weighted by atomic mass is 19.4. The lowest BCUT2D eigenvalue weighted by molar-refractivity contribution is -0.255. The molecule has 4 aromatic rings. The maximum absolute atomic E-state index is 12.6. The number of ketones is 1. The first-order valence-electron chi connectivity index (χ1n) is 15.1. The zero-order valence-electron chi connectivity index (χ0n) is 26.9. The molecule has 17 heteroatoms. The number of aryl methyl sites for hydroxylation is 4. The van der Waals surface area contributed by atoms with Crippen molar-refractivity contribution in [2.24, 2.45) is 14.1 Å². The summed E-state index contributed by atoms with van der Waals surface area (Å²) in [6, 6.07) is 0. The van der Waals surface area contributed by atoms with E-state index in [0.717, 1.165) is 4.57 Å². The number of unbranched alkanes of at least 4 members (excludes halogenated alkanes) is 2. The fraction of sp³-hybridized carbons (Fsp3) is 0.621. The van der Waals surface area contributed by atoms with Crippen molar-refractivity contribution < 1.29 is 23.1 Å². The Balaban J connectivity index is 0.000000254. The molecule has 46 heavy (non-hydrogen) atoms. The van der Waals surface area contributed by atoms with Gasteiger partial charge in [0, 0.05) is 46.7 Å². The smallest absolute Gasteiger partial charge is 0.381 e. The average molecular weight is 655 g/mol. The molecule has 0 amide bonds. The van der Waals surface area contributed by atoms with Crippen LogP contribution in [0, 0.1) is 0 Å². The lowest BCUT2D eigenvalue weighted by atomic mass is 9.98. The van der Waals surface area contributed by atoms with Crippen LogP contribution in [-0.2, 0) is 45.1 Å². The van der Waals surface area contributed by atoms with E-state index < -0.39 is 29.4 Å². The van der Waals surface area contributed by atoms with E-state index in [1.807, 2.05) is 13.8 Å². The maximum atomic E-state index is 12.6. The van der Waals surface area contributed by atoms with Gasteiger partial charge >= 0.3 is 17.6 Å². The van der Waals surface area contributed by atoms with Crippen molar-refractivity contribution >= 4 is 28.1 Å². The minimum Gasteiger partial charge on any atom is -0.381 e. The molecule has 0 spiro atoms. The number of carbonyl (C=O) groups is 1. The lowest BCUT2D eigenvalue weighted by Gasteiger charge is -2.26. The molecular weight excluding hydrogens is 613 g/mol. The van der Waals surface area contributed by atoms with E-state index in [2.05, 4.69) is 9.97 Å². The van der Waals surface area contributed by atoms with Gasteiger partial charge in [-0.3, -0.25) is 27.9 Å². The summed E-state index contributed by atoms with van der Waals surface area (Å²) in [5, 5.41) is 9.41. The monoisotopic (exact) mass is 654 g/mol. The van der Waals surface area contributed by atoms with Crippen molar-refractivity contribution in [1.29, 1.82) is 0 Å². The third kappa shape index (κ3) is 7.40. The van der Waals surface area contributed by atoms with Gasteiger partial charge in [0.15, 0.2) is 27.9 Å². The molecule has 1 unspecified atom stereocenters. The van der Waals surface area contributed by atoms with Crippen LogP contribution < -0.4 is 22.5 Å².